The Morgan fingerprint density at radius 3 is 2.93 bits per heavy atom. The standard InChI is InChI=1S/C9H14N2O3S/c1-2-3-11-9(12)6-8-7-15(13,14)5-4-10-8/h1,8,10H,3-7H2,(H,11,12). The van der Waals surface area contributed by atoms with Crippen LogP contribution < -0.4 is 10.6 Å². The number of nitrogens with one attached hydrogen (secondary N) is 2. The summed E-state index contributed by atoms with van der Waals surface area (Å²) in [7, 11) is -2.98. The fraction of sp³-hybridized carbons (Fsp3) is 0.667. The van der Waals surface area contributed by atoms with E-state index in [2.05, 4.69) is 16.6 Å². The molecule has 0 aliphatic carbocycles. The first-order valence-electron chi connectivity index (χ1n) is 4.67. The van der Waals surface area contributed by atoms with Gasteiger partial charge in [-0.2, -0.15) is 0 Å². The van der Waals surface area contributed by atoms with Gasteiger partial charge in [0.2, 0.25) is 5.91 Å². The maximum absolute atomic E-state index is 11.3. The molecule has 1 fully saturated rings. The van der Waals surface area contributed by atoms with Crippen molar-refractivity contribution >= 4 is 15.7 Å². The van der Waals surface area contributed by atoms with Crippen molar-refractivity contribution < 1.29 is 13.2 Å². The minimum atomic E-state index is -2.98. The zero-order chi connectivity index (χ0) is 11.3. The molecule has 15 heavy (non-hydrogen) atoms. The van der Waals surface area contributed by atoms with E-state index in [0.29, 0.717) is 6.54 Å². The molecule has 0 bridgehead atoms. The van der Waals surface area contributed by atoms with Crippen molar-refractivity contribution in [2.75, 3.05) is 24.6 Å². The lowest BCUT2D eigenvalue weighted by molar-refractivity contribution is -0.121. The minimum absolute atomic E-state index is 0.0243. The lowest BCUT2D eigenvalue weighted by atomic mass is 10.2. The Balaban J connectivity index is 2.39. The van der Waals surface area contributed by atoms with Crippen LogP contribution in [0.15, 0.2) is 0 Å². The Labute approximate surface area is 89.5 Å². The van der Waals surface area contributed by atoms with Crippen molar-refractivity contribution in [1.29, 1.82) is 0 Å². The molecule has 5 nitrogen and oxygen atoms in total. The Hall–Kier alpha value is -1.06. The van der Waals surface area contributed by atoms with Gasteiger partial charge in [0.05, 0.1) is 18.1 Å². The van der Waals surface area contributed by atoms with Crippen LogP contribution in [-0.2, 0) is 14.6 Å². The van der Waals surface area contributed by atoms with Crippen LogP contribution in [0, 0.1) is 12.3 Å². The molecule has 0 saturated carbocycles. The van der Waals surface area contributed by atoms with Crippen LogP contribution in [-0.4, -0.2) is 45.0 Å². The molecule has 1 atom stereocenters. The van der Waals surface area contributed by atoms with E-state index < -0.39 is 9.84 Å². The lowest BCUT2D eigenvalue weighted by Crippen LogP contribution is -2.47. The van der Waals surface area contributed by atoms with E-state index in [-0.39, 0.29) is 36.4 Å². The van der Waals surface area contributed by atoms with Crippen molar-refractivity contribution in [1.82, 2.24) is 10.6 Å². The van der Waals surface area contributed by atoms with Crippen LogP contribution in [0.5, 0.6) is 0 Å². The second-order valence-electron chi connectivity index (χ2n) is 3.45. The highest BCUT2D eigenvalue weighted by Crippen LogP contribution is 2.04. The summed E-state index contributed by atoms with van der Waals surface area (Å²) in [5.74, 6) is 2.23. The molecule has 0 radical (unpaired) electrons. The minimum Gasteiger partial charge on any atom is -0.345 e. The van der Waals surface area contributed by atoms with E-state index in [4.69, 9.17) is 6.42 Å². The van der Waals surface area contributed by atoms with E-state index in [9.17, 15) is 13.2 Å². The van der Waals surface area contributed by atoms with E-state index in [0.717, 1.165) is 0 Å². The molecular weight excluding hydrogens is 216 g/mol. The molecule has 2 N–H and O–H groups in total. The molecule has 0 aromatic heterocycles. The molecule has 1 heterocycles. The van der Waals surface area contributed by atoms with E-state index in [1.165, 1.54) is 0 Å². The second kappa shape index (κ2) is 5.14. The normalized spacial score (nSPS) is 24.1. The molecule has 0 aromatic carbocycles. The zero-order valence-corrected chi connectivity index (χ0v) is 9.14. The molecule has 6 heteroatoms. The van der Waals surface area contributed by atoms with Gasteiger partial charge in [-0.05, 0) is 0 Å². The quantitative estimate of drug-likeness (QED) is 0.579. The third-order valence-electron chi connectivity index (χ3n) is 2.12. The summed E-state index contributed by atoms with van der Waals surface area (Å²) >= 11 is 0. The Morgan fingerprint density at radius 2 is 2.33 bits per heavy atom. The number of sulfone groups is 1. The summed E-state index contributed by atoms with van der Waals surface area (Å²) < 4.78 is 22.5. The van der Waals surface area contributed by atoms with Crippen LogP contribution >= 0.6 is 0 Å². The molecule has 1 amide bonds. The number of amides is 1. The first-order valence-corrected chi connectivity index (χ1v) is 6.49. The van der Waals surface area contributed by atoms with Gasteiger partial charge in [0.25, 0.3) is 0 Å². The van der Waals surface area contributed by atoms with E-state index in [1.807, 2.05) is 0 Å². The fourth-order valence-electron chi connectivity index (χ4n) is 1.44. The van der Waals surface area contributed by atoms with Crippen LogP contribution in [0.2, 0.25) is 0 Å². The average Bonchev–Trinajstić information content (AvgIpc) is 2.13. The molecule has 0 aromatic rings. The van der Waals surface area contributed by atoms with Crippen molar-refractivity contribution in [2.24, 2.45) is 0 Å². The summed E-state index contributed by atoms with van der Waals surface area (Å²) in [5, 5.41) is 5.49. The zero-order valence-electron chi connectivity index (χ0n) is 8.32. The number of rotatable bonds is 3. The third kappa shape index (κ3) is 4.32. The number of carbonyl (C=O) groups is 1. The number of hydrogen-bond donors (Lipinski definition) is 2. The van der Waals surface area contributed by atoms with Crippen molar-refractivity contribution in [3.8, 4) is 12.3 Å². The Bertz CT molecular complexity index is 369. The number of terminal acetylenes is 1. The van der Waals surface area contributed by atoms with E-state index >= 15 is 0 Å². The molecule has 1 aliphatic rings. The van der Waals surface area contributed by atoms with Crippen molar-refractivity contribution in [2.45, 2.75) is 12.5 Å². The van der Waals surface area contributed by atoms with Gasteiger partial charge in [-0.3, -0.25) is 4.79 Å². The molecule has 0 spiro atoms. The number of hydrogen-bond acceptors (Lipinski definition) is 4. The molecular formula is C9H14N2O3S. The van der Waals surface area contributed by atoms with Gasteiger partial charge in [-0.15, -0.1) is 6.42 Å². The Kier molecular flexibility index (Phi) is 4.12. The molecule has 84 valence electrons. The predicted octanol–water partition coefficient (Wildman–Crippen LogP) is -1.49. The molecule has 1 saturated heterocycles. The van der Waals surface area contributed by atoms with Gasteiger partial charge in [-0.1, -0.05) is 5.92 Å². The van der Waals surface area contributed by atoms with Crippen LogP contribution in [0.1, 0.15) is 6.42 Å². The van der Waals surface area contributed by atoms with Crippen molar-refractivity contribution in [3.05, 3.63) is 0 Å². The third-order valence-corrected chi connectivity index (χ3v) is 3.86. The van der Waals surface area contributed by atoms with Crippen LogP contribution in [0.25, 0.3) is 0 Å². The average molecular weight is 230 g/mol. The number of carbonyl (C=O) groups excluding carboxylic acids is 1. The SMILES string of the molecule is C#CCNC(=O)CC1CS(=O)(=O)CCN1. The summed E-state index contributed by atoms with van der Waals surface area (Å²) in [6, 6.07) is -0.290. The predicted molar refractivity (Wildman–Crippen MR) is 56.9 cm³/mol. The van der Waals surface area contributed by atoms with Gasteiger partial charge in [0, 0.05) is 19.0 Å². The molecule has 1 aliphatic heterocycles. The van der Waals surface area contributed by atoms with Crippen LogP contribution in [0.3, 0.4) is 0 Å². The monoisotopic (exact) mass is 230 g/mol. The van der Waals surface area contributed by atoms with Gasteiger partial charge < -0.3 is 10.6 Å². The van der Waals surface area contributed by atoms with Gasteiger partial charge >= 0.3 is 0 Å². The smallest absolute Gasteiger partial charge is 0.222 e. The summed E-state index contributed by atoms with van der Waals surface area (Å²) in [5.41, 5.74) is 0. The largest absolute Gasteiger partial charge is 0.345 e. The van der Waals surface area contributed by atoms with Gasteiger partial charge in [0.15, 0.2) is 9.84 Å². The first kappa shape index (κ1) is 12.0. The lowest BCUT2D eigenvalue weighted by Gasteiger charge is -2.22. The van der Waals surface area contributed by atoms with Crippen molar-refractivity contribution in [3.63, 3.8) is 0 Å². The highest BCUT2D eigenvalue weighted by atomic mass is 32.2. The Morgan fingerprint density at radius 1 is 1.60 bits per heavy atom. The fourth-order valence-corrected chi connectivity index (χ4v) is 2.89. The summed E-state index contributed by atoms with van der Waals surface area (Å²) in [6.07, 6.45) is 5.13. The van der Waals surface area contributed by atoms with Gasteiger partial charge in [-0.25, -0.2) is 8.42 Å². The molecule has 1 rings (SSSR count). The summed E-state index contributed by atoms with van der Waals surface area (Å²) in [6.45, 7) is 0.591. The summed E-state index contributed by atoms with van der Waals surface area (Å²) in [4.78, 5) is 11.2. The maximum atomic E-state index is 11.3. The maximum Gasteiger partial charge on any atom is 0.222 e. The highest BCUT2D eigenvalue weighted by Gasteiger charge is 2.25. The van der Waals surface area contributed by atoms with E-state index in [1.54, 1.807) is 0 Å². The topological polar surface area (TPSA) is 75.3 Å². The van der Waals surface area contributed by atoms with Gasteiger partial charge in [0.1, 0.15) is 0 Å². The second-order valence-corrected chi connectivity index (χ2v) is 5.68. The van der Waals surface area contributed by atoms with Crippen LogP contribution in [0.4, 0.5) is 0 Å². The first-order chi connectivity index (χ1) is 7.03. The highest BCUT2D eigenvalue weighted by molar-refractivity contribution is 7.91. The molecule has 1 unspecified atom stereocenters.